The van der Waals surface area contributed by atoms with E-state index in [9.17, 15) is 4.39 Å². The molecule has 0 atom stereocenters. The second-order valence-electron chi connectivity index (χ2n) is 5.87. The molecule has 0 bridgehead atoms. The van der Waals surface area contributed by atoms with Crippen molar-refractivity contribution in [2.75, 3.05) is 12.4 Å². The predicted octanol–water partition coefficient (Wildman–Crippen LogP) is 3.31. The maximum atomic E-state index is 13.2. The minimum Gasteiger partial charge on any atom is -0.373 e. The van der Waals surface area contributed by atoms with Crippen molar-refractivity contribution in [1.29, 1.82) is 0 Å². The van der Waals surface area contributed by atoms with Crippen LogP contribution < -0.4 is 5.32 Å². The van der Waals surface area contributed by atoms with E-state index in [1.165, 1.54) is 12.1 Å². The molecule has 4 aromatic rings. The minimum absolute atomic E-state index is 0.273. The molecule has 0 unspecified atom stereocenters. The molecule has 0 saturated heterocycles. The summed E-state index contributed by atoms with van der Waals surface area (Å²) in [7, 11) is 3.71. The fraction of sp³-hybridized carbons (Fsp3) is 0.167. The molecule has 7 heteroatoms. The summed E-state index contributed by atoms with van der Waals surface area (Å²) in [5.74, 6) is 0.581. The first-order valence-electron chi connectivity index (χ1n) is 7.90. The largest absolute Gasteiger partial charge is 0.373 e. The third-order valence-corrected chi connectivity index (χ3v) is 4.28. The van der Waals surface area contributed by atoms with Gasteiger partial charge in [0.2, 0.25) is 0 Å². The highest BCUT2D eigenvalue weighted by Crippen LogP contribution is 2.31. The second kappa shape index (κ2) is 5.70. The molecule has 3 heterocycles. The van der Waals surface area contributed by atoms with Gasteiger partial charge in [-0.05, 0) is 37.3 Å². The summed E-state index contributed by atoms with van der Waals surface area (Å²) in [5, 5.41) is 13.1. The van der Waals surface area contributed by atoms with E-state index in [2.05, 4.69) is 15.4 Å². The van der Waals surface area contributed by atoms with Crippen molar-refractivity contribution in [1.82, 2.24) is 24.5 Å². The molecule has 0 aliphatic rings. The van der Waals surface area contributed by atoms with E-state index in [1.807, 2.05) is 27.1 Å². The van der Waals surface area contributed by atoms with Crippen LogP contribution in [0.15, 0.2) is 42.7 Å². The summed E-state index contributed by atoms with van der Waals surface area (Å²) in [4.78, 5) is 4.49. The molecule has 1 aromatic carbocycles. The highest BCUT2D eigenvalue weighted by Gasteiger charge is 2.17. The number of hydrogen-bond donors (Lipinski definition) is 1. The Morgan fingerprint density at radius 3 is 2.60 bits per heavy atom. The van der Waals surface area contributed by atoms with Gasteiger partial charge in [-0.15, -0.1) is 0 Å². The van der Waals surface area contributed by atoms with Gasteiger partial charge in [0, 0.05) is 36.8 Å². The average Bonchev–Trinajstić information content (AvgIpc) is 3.15. The molecular weight excluding hydrogens is 319 g/mol. The number of halogens is 1. The molecule has 6 nitrogen and oxygen atoms in total. The van der Waals surface area contributed by atoms with Crippen LogP contribution in [-0.2, 0) is 7.05 Å². The lowest BCUT2D eigenvalue weighted by Gasteiger charge is -2.07. The Labute approximate surface area is 143 Å². The predicted molar refractivity (Wildman–Crippen MR) is 95.3 cm³/mol. The number of pyridine rings is 1. The number of anilines is 1. The number of aromatic nitrogens is 5. The molecule has 0 spiro atoms. The number of rotatable bonds is 3. The van der Waals surface area contributed by atoms with Gasteiger partial charge in [0.05, 0.1) is 17.6 Å². The zero-order chi connectivity index (χ0) is 17.6. The van der Waals surface area contributed by atoms with Gasteiger partial charge in [-0.2, -0.15) is 10.2 Å². The number of benzene rings is 1. The van der Waals surface area contributed by atoms with Crippen LogP contribution in [0, 0.1) is 12.7 Å². The van der Waals surface area contributed by atoms with Crippen molar-refractivity contribution in [3.05, 3.63) is 54.1 Å². The second-order valence-corrected chi connectivity index (χ2v) is 5.87. The van der Waals surface area contributed by atoms with E-state index in [1.54, 1.807) is 33.9 Å². The summed E-state index contributed by atoms with van der Waals surface area (Å²) in [5.41, 5.74) is 4.35. The maximum absolute atomic E-state index is 13.2. The Hall–Kier alpha value is -3.22. The lowest BCUT2D eigenvalue weighted by atomic mass is 10.1. The first kappa shape index (κ1) is 15.3. The third-order valence-electron chi connectivity index (χ3n) is 4.28. The first-order chi connectivity index (χ1) is 12.1. The normalized spacial score (nSPS) is 11.2. The molecule has 1 N–H and O–H groups in total. The van der Waals surface area contributed by atoms with Gasteiger partial charge in [0.15, 0.2) is 5.65 Å². The van der Waals surface area contributed by atoms with Crippen LogP contribution >= 0.6 is 0 Å². The van der Waals surface area contributed by atoms with Crippen LogP contribution in [-0.4, -0.2) is 31.6 Å². The van der Waals surface area contributed by atoms with Gasteiger partial charge in [-0.25, -0.2) is 14.1 Å². The molecular formula is C18H17FN6. The highest BCUT2D eigenvalue weighted by atomic mass is 19.1. The number of nitrogens with one attached hydrogen (secondary N) is 1. The first-order valence-corrected chi connectivity index (χ1v) is 7.90. The summed E-state index contributed by atoms with van der Waals surface area (Å²) in [6, 6.07) is 8.28. The van der Waals surface area contributed by atoms with Crippen molar-refractivity contribution >= 4 is 16.9 Å². The summed E-state index contributed by atoms with van der Waals surface area (Å²) in [6.45, 7) is 2.00. The average molecular weight is 336 g/mol. The van der Waals surface area contributed by atoms with Gasteiger partial charge < -0.3 is 5.32 Å². The molecule has 0 amide bonds. The molecule has 126 valence electrons. The standard InChI is InChI=1S/C18H17FN6/c1-11-16(12-8-13-10-22-24(3)18(13)21-9-12)23-25(17(11)20-2)15-6-4-14(19)5-7-15/h4-10,20H,1-3H3. The molecule has 4 rings (SSSR count). The number of fused-ring (bicyclic) bond motifs is 1. The Morgan fingerprint density at radius 2 is 1.88 bits per heavy atom. The highest BCUT2D eigenvalue weighted by molar-refractivity contribution is 5.81. The molecule has 25 heavy (non-hydrogen) atoms. The van der Waals surface area contributed by atoms with Gasteiger partial charge in [0.25, 0.3) is 0 Å². The fourth-order valence-corrected chi connectivity index (χ4v) is 3.01. The van der Waals surface area contributed by atoms with Crippen LogP contribution in [0.3, 0.4) is 0 Å². The van der Waals surface area contributed by atoms with Crippen LogP contribution in [0.2, 0.25) is 0 Å². The van der Waals surface area contributed by atoms with Gasteiger partial charge in [-0.3, -0.25) is 4.68 Å². The Kier molecular flexibility index (Phi) is 3.49. The summed E-state index contributed by atoms with van der Waals surface area (Å²) in [6.07, 6.45) is 3.59. The van der Waals surface area contributed by atoms with E-state index < -0.39 is 0 Å². The third kappa shape index (κ3) is 2.44. The van der Waals surface area contributed by atoms with Gasteiger partial charge in [0.1, 0.15) is 11.6 Å². The lowest BCUT2D eigenvalue weighted by Crippen LogP contribution is -2.02. The zero-order valence-electron chi connectivity index (χ0n) is 14.2. The Balaban J connectivity index is 1.88. The number of nitrogens with zero attached hydrogens (tertiary/aromatic N) is 5. The maximum Gasteiger partial charge on any atom is 0.157 e. The SMILES string of the molecule is CNc1c(C)c(-c2cnc3c(cnn3C)c2)nn1-c1ccc(F)cc1. The quantitative estimate of drug-likeness (QED) is 0.623. The van der Waals surface area contributed by atoms with Crippen LogP contribution in [0.1, 0.15) is 5.56 Å². The molecule has 0 aliphatic heterocycles. The van der Waals surface area contributed by atoms with E-state index in [-0.39, 0.29) is 5.82 Å². The van der Waals surface area contributed by atoms with Crippen molar-refractivity contribution in [2.45, 2.75) is 6.92 Å². The van der Waals surface area contributed by atoms with Crippen molar-refractivity contribution < 1.29 is 4.39 Å². The Morgan fingerprint density at radius 1 is 1.12 bits per heavy atom. The van der Waals surface area contributed by atoms with Crippen LogP contribution in [0.25, 0.3) is 28.0 Å². The molecule has 0 aliphatic carbocycles. The molecule has 0 fully saturated rings. The minimum atomic E-state index is -0.273. The molecule has 3 aromatic heterocycles. The van der Waals surface area contributed by atoms with Crippen LogP contribution in [0.4, 0.5) is 10.2 Å². The zero-order valence-corrected chi connectivity index (χ0v) is 14.2. The van der Waals surface area contributed by atoms with E-state index in [4.69, 9.17) is 5.10 Å². The van der Waals surface area contributed by atoms with Crippen molar-refractivity contribution in [3.63, 3.8) is 0 Å². The monoisotopic (exact) mass is 336 g/mol. The summed E-state index contributed by atoms with van der Waals surface area (Å²) < 4.78 is 16.7. The van der Waals surface area contributed by atoms with Gasteiger partial charge >= 0.3 is 0 Å². The number of aryl methyl sites for hydroxylation is 1. The van der Waals surface area contributed by atoms with Gasteiger partial charge in [-0.1, -0.05) is 0 Å². The van der Waals surface area contributed by atoms with Crippen molar-refractivity contribution in [3.8, 4) is 16.9 Å². The fourth-order valence-electron chi connectivity index (χ4n) is 3.01. The topological polar surface area (TPSA) is 60.6 Å². The van der Waals surface area contributed by atoms with E-state index >= 15 is 0 Å². The molecule has 0 radical (unpaired) electrons. The lowest BCUT2D eigenvalue weighted by molar-refractivity contribution is 0.627. The smallest absolute Gasteiger partial charge is 0.157 e. The van der Waals surface area contributed by atoms with E-state index in [0.717, 1.165) is 39.4 Å². The molecule has 0 saturated carbocycles. The summed E-state index contributed by atoms with van der Waals surface area (Å²) >= 11 is 0. The van der Waals surface area contributed by atoms with E-state index in [0.29, 0.717) is 0 Å². The number of hydrogen-bond acceptors (Lipinski definition) is 4. The Bertz CT molecular complexity index is 1060. The van der Waals surface area contributed by atoms with Crippen LogP contribution in [0.5, 0.6) is 0 Å². The van der Waals surface area contributed by atoms with Crippen molar-refractivity contribution in [2.24, 2.45) is 7.05 Å².